The summed E-state index contributed by atoms with van der Waals surface area (Å²) in [6, 6.07) is 1.89. The van der Waals surface area contributed by atoms with Crippen molar-refractivity contribution < 1.29 is 4.39 Å². The molecule has 0 amide bonds. The number of hydrogen-bond acceptors (Lipinski definition) is 2. The molecule has 1 N–H and O–H groups in total. The van der Waals surface area contributed by atoms with Crippen LogP contribution in [0.15, 0.2) is 15.9 Å². The molecule has 60 valence electrons. The summed E-state index contributed by atoms with van der Waals surface area (Å²) in [5.41, 5.74) is -1.10. The molecule has 0 aromatic carbocycles. The van der Waals surface area contributed by atoms with E-state index < -0.39 is 5.67 Å². The quantitative estimate of drug-likeness (QED) is 0.788. The number of hydrogen-bond donors (Lipinski definition) is 1. The summed E-state index contributed by atoms with van der Waals surface area (Å²) in [4.78, 5) is 0.816. The molecule has 0 saturated carbocycles. The van der Waals surface area contributed by atoms with Crippen molar-refractivity contribution in [2.75, 3.05) is 13.1 Å². The van der Waals surface area contributed by atoms with Gasteiger partial charge in [-0.15, -0.1) is 11.3 Å². The van der Waals surface area contributed by atoms with Crippen molar-refractivity contribution in [3.63, 3.8) is 0 Å². The summed E-state index contributed by atoms with van der Waals surface area (Å²) in [6.07, 6.45) is 0. The molecule has 11 heavy (non-hydrogen) atoms. The van der Waals surface area contributed by atoms with E-state index in [1.807, 2.05) is 11.4 Å². The summed E-state index contributed by atoms with van der Waals surface area (Å²) in [5, 5.41) is 4.83. The van der Waals surface area contributed by atoms with E-state index in [2.05, 4.69) is 21.2 Å². The minimum atomic E-state index is -1.10. The topological polar surface area (TPSA) is 12.0 Å². The SMILES string of the molecule is FC1(c2sccc2Br)CNC1. The molecule has 4 heteroatoms. The van der Waals surface area contributed by atoms with E-state index in [-0.39, 0.29) is 0 Å². The molecule has 1 saturated heterocycles. The van der Waals surface area contributed by atoms with E-state index in [4.69, 9.17) is 0 Å². The molecule has 1 aliphatic rings. The first kappa shape index (κ1) is 7.71. The molecule has 0 unspecified atom stereocenters. The van der Waals surface area contributed by atoms with Crippen LogP contribution in [0.1, 0.15) is 4.88 Å². The third-order valence-electron chi connectivity index (χ3n) is 1.83. The van der Waals surface area contributed by atoms with Gasteiger partial charge in [-0.2, -0.15) is 0 Å². The fraction of sp³-hybridized carbons (Fsp3) is 0.429. The largest absolute Gasteiger partial charge is 0.309 e. The maximum absolute atomic E-state index is 13.7. The Labute approximate surface area is 76.7 Å². The van der Waals surface area contributed by atoms with Crippen molar-refractivity contribution in [2.45, 2.75) is 5.67 Å². The lowest BCUT2D eigenvalue weighted by atomic mass is 9.98. The Morgan fingerprint density at radius 3 is 2.73 bits per heavy atom. The zero-order valence-electron chi connectivity index (χ0n) is 5.73. The van der Waals surface area contributed by atoms with Gasteiger partial charge in [-0.25, -0.2) is 4.39 Å². The monoisotopic (exact) mass is 235 g/mol. The second-order valence-electron chi connectivity index (χ2n) is 2.67. The lowest BCUT2D eigenvalue weighted by Gasteiger charge is -2.34. The predicted octanol–water partition coefficient (Wildman–Crippen LogP) is 2.28. The molecule has 0 atom stereocenters. The first-order valence-corrected chi connectivity index (χ1v) is 5.03. The van der Waals surface area contributed by atoms with Crippen molar-refractivity contribution in [1.82, 2.24) is 5.32 Å². The fourth-order valence-corrected chi connectivity index (χ4v) is 2.94. The van der Waals surface area contributed by atoms with E-state index in [9.17, 15) is 4.39 Å². The summed E-state index contributed by atoms with van der Waals surface area (Å²) in [5.74, 6) is 0. The minimum Gasteiger partial charge on any atom is -0.309 e. The standard InChI is InChI=1S/C7H7BrFNS/c8-5-1-2-11-6(5)7(9)3-10-4-7/h1-2,10H,3-4H2. The van der Waals surface area contributed by atoms with E-state index in [0.717, 1.165) is 9.35 Å². The Balaban J connectivity index is 2.35. The van der Waals surface area contributed by atoms with Gasteiger partial charge in [-0.1, -0.05) is 0 Å². The van der Waals surface area contributed by atoms with Crippen LogP contribution in [0.4, 0.5) is 4.39 Å². The number of rotatable bonds is 1. The molecular formula is C7H7BrFNS. The van der Waals surface area contributed by atoms with Crippen molar-refractivity contribution in [3.8, 4) is 0 Å². The van der Waals surface area contributed by atoms with E-state index >= 15 is 0 Å². The number of alkyl halides is 1. The van der Waals surface area contributed by atoms with Gasteiger partial charge < -0.3 is 5.32 Å². The summed E-state index contributed by atoms with van der Waals surface area (Å²) in [6.45, 7) is 0.901. The molecule has 0 spiro atoms. The van der Waals surface area contributed by atoms with E-state index in [1.54, 1.807) is 0 Å². The summed E-state index contributed by atoms with van der Waals surface area (Å²) >= 11 is 4.79. The van der Waals surface area contributed by atoms with Crippen LogP contribution in [-0.2, 0) is 5.67 Å². The van der Waals surface area contributed by atoms with Crippen molar-refractivity contribution in [1.29, 1.82) is 0 Å². The molecule has 1 aromatic rings. The Morgan fingerprint density at radius 1 is 1.64 bits per heavy atom. The molecule has 0 radical (unpaired) electrons. The first-order valence-electron chi connectivity index (χ1n) is 3.35. The highest BCUT2D eigenvalue weighted by molar-refractivity contribution is 9.10. The minimum absolute atomic E-state index is 0.451. The Bertz CT molecular complexity index is 269. The third kappa shape index (κ3) is 1.13. The highest BCUT2D eigenvalue weighted by Crippen LogP contribution is 2.38. The van der Waals surface area contributed by atoms with Gasteiger partial charge >= 0.3 is 0 Å². The Morgan fingerprint density at radius 2 is 2.36 bits per heavy atom. The van der Waals surface area contributed by atoms with Crippen molar-refractivity contribution in [3.05, 3.63) is 20.8 Å². The highest BCUT2D eigenvalue weighted by Gasteiger charge is 2.41. The Kier molecular flexibility index (Phi) is 1.78. The summed E-state index contributed by atoms with van der Waals surface area (Å²) < 4.78 is 14.5. The molecular weight excluding hydrogens is 229 g/mol. The van der Waals surface area contributed by atoms with Gasteiger partial charge in [0.25, 0.3) is 0 Å². The number of halogens is 2. The van der Waals surface area contributed by atoms with Crippen LogP contribution in [0.25, 0.3) is 0 Å². The molecule has 1 aliphatic heterocycles. The van der Waals surface area contributed by atoms with Crippen LogP contribution >= 0.6 is 27.3 Å². The second-order valence-corrected chi connectivity index (χ2v) is 4.44. The number of thiophene rings is 1. The van der Waals surface area contributed by atoms with E-state index in [1.165, 1.54) is 11.3 Å². The van der Waals surface area contributed by atoms with Gasteiger partial charge in [0, 0.05) is 17.6 Å². The smallest absolute Gasteiger partial charge is 0.170 e. The van der Waals surface area contributed by atoms with Crippen LogP contribution in [0, 0.1) is 0 Å². The van der Waals surface area contributed by atoms with Crippen molar-refractivity contribution >= 4 is 27.3 Å². The van der Waals surface area contributed by atoms with Gasteiger partial charge in [0.15, 0.2) is 5.67 Å². The maximum atomic E-state index is 13.7. The lowest BCUT2D eigenvalue weighted by Crippen LogP contribution is -2.53. The zero-order chi connectivity index (χ0) is 7.90. The molecule has 1 fully saturated rings. The van der Waals surface area contributed by atoms with Crippen LogP contribution < -0.4 is 5.32 Å². The highest BCUT2D eigenvalue weighted by atomic mass is 79.9. The maximum Gasteiger partial charge on any atom is 0.170 e. The fourth-order valence-electron chi connectivity index (χ4n) is 1.12. The van der Waals surface area contributed by atoms with Gasteiger partial charge in [-0.3, -0.25) is 0 Å². The lowest BCUT2D eigenvalue weighted by molar-refractivity contribution is 0.0926. The average Bonchev–Trinajstić information content (AvgIpc) is 2.30. The van der Waals surface area contributed by atoms with E-state index in [0.29, 0.717) is 13.1 Å². The molecule has 0 aliphatic carbocycles. The molecule has 2 rings (SSSR count). The molecule has 0 bridgehead atoms. The van der Waals surface area contributed by atoms with Gasteiger partial charge in [0.1, 0.15) is 0 Å². The Hall–Kier alpha value is 0.0700. The first-order chi connectivity index (χ1) is 5.22. The van der Waals surface area contributed by atoms with Crippen molar-refractivity contribution in [2.24, 2.45) is 0 Å². The van der Waals surface area contributed by atoms with Gasteiger partial charge in [-0.05, 0) is 27.4 Å². The molecule has 1 nitrogen and oxygen atoms in total. The van der Waals surface area contributed by atoms with Crippen LogP contribution in [0.5, 0.6) is 0 Å². The predicted molar refractivity (Wildman–Crippen MR) is 47.7 cm³/mol. The zero-order valence-corrected chi connectivity index (χ0v) is 8.14. The summed E-state index contributed by atoms with van der Waals surface area (Å²) in [7, 11) is 0. The van der Waals surface area contributed by atoms with Gasteiger partial charge in [0.05, 0.1) is 4.88 Å². The average molecular weight is 236 g/mol. The third-order valence-corrected chi connectivity index (χ3v) is 3.85. The van der Waals surface area contributed by atoms with Crippen LogP contribution in [0.2, 0.25) is 0 Å². The van der Waals surface area contributed by atoms with Gasteiger partial charge in [0.2, 0.25) is 0 Å². The second kappa shape index (κ2) is 2.54. The number of nitrogens with one attached hydrogen (secondary N) is 1. The normalized spacial score (nSPS) is 21.3. The van der Waals surface area contributed by atoms with Crippen LogP contribution in [-0.4, -0.2) is 13.1 Å². The van der Waals surface area contributed by atoms with Crippen LogP contribution in [0.3, 0.4) is 0 Å². The molecule has 1 aromatic heterocycles. The molecule has 2 heterocycles.